The fourth-order valence-corrected chi connectivity index (χ4v) is 1.71. The maximum absolute atomic E-state index is 10.8. The van der Waals surface area contributed by atoms with E-state index in [1.54, 1.807) is 31.5 Å². The van der Waals surface area contributed by atoms with Crippen LogP contribution in [0.25, 0.3) is 17.1 Å². The first-order valence-electron chi connectivity index (χ1n) is 5.83. The monoisotopic (exact) mass is 261 g/mol. The summed E-state index contributed by atoms with van der Waals surface area (Å²) in [5.74, 6) is 0.0707. The summed E-state index contributed by atoms with van der Waals surface area (Å²) in [5.41, 5.74) is 6.47. The van der Waals surface area contributed by atoms with Gasteiger partial charge in [-0.05, 0) is 19.1 Å². The third-order valence-electron chi connectivity index (χ3n) is 2.58. The molecule has 100 valence electrons. The van der Waals surface area contributed by atoms with Gasteiger partial charge in [0.1, 0.15) is 17.5 Å². The number of aliphatic hydroxyl groups excluding tert-OH is 1. The smallest absolute Gasteiger partial charge is 0.241 e. The standard InChI is InChI=1S/C13H15N3O3/c1-8(7-17)19-10-4-5-15-13-12(10)9(6-16-13)2-3-11(14)18/h2-6,8,17H,7H2,1H3,(H2,14,18)(H,15,16). The van der Waals surface area contributed by atoms with Gasteiger partial charge in [0.05, 0.1) is 12.0 Å². The molecular formula is C13H15N3O3. The van der Waals surface area contributed by atoms with Crippen LogP contribution in [0.4, 0.5) is 0 Å². The van der Waals surface area contributed by atoms with E-state index in [-0.39, 0.29) is 12.7 Å². The van der Waals surface area contributed by atoms with E-state index < -0.39 is 5.91 Å². The molecular weight excluding hydrogens is 246 g/mol. The summed E-state index contributed by atoms with van der Waals surface area (Å²) in [6, 6.07) is 1.71. The summed E-state index contributed by atoms with van der Waals surface area (Å²) < 4.78 is 5.62. The van der Waals surface area contributed by atoms with Crippen molar-refractivity contribution in [2.75, 3.05) is 6.61 Å². The Hall–Kier alpha value is -2.34. The Morgan fingerprint density at radius 2 is 2.47 bits per heavy atom. The summed E-state index contributed by atoms with van der Waals surface area (Å²) in [5, 5.41) is 9.79. The molecule has 2 rings (SSSR count). The van der Waals surface area contributed by atoms with Gasteiger partial charge in [0.25, 0.3) is 0 Å². The number of nitrogens with two attached hydrogens (primary N) is 1. The van der Waals surface area contributed by atoms with Gasteiger partial charge in [-0.25, -0.2) is 4.98 Å². The largest absolute Gasteiger partial charge is 0.487 e. The molecule has 2 heterocycles. The van der Waals surface area contributed by atoms with Crippen LogP contribution in [0.1, 0.15) is 12.5 Å². The van der Waals surface area contributed by atoms with E-state index in [1.807, 2.05) is 0 Å². The fourth-order valence-electron chi connectivity index (χ4n) is 1.71. The van der Waals surface area contributed by atoms with Crippen LogP contribution in [0.2, 0.25) is 0 Å². The first kappa shape index (κ1) is 13.1. The van der Waals surface area contributed by atoms with Gasteiger partial charge in [0, 0.05) is 24.0 Å². The molecule has 0 bridgehead atoms. The molecule has 0 aromatic carbocycles. The molecule has 0 radical (unpaired) electrons. The maximum Gasteiger partial charge on any atom is 0.241 e. The van der Waals surface area contributed by atoms with Crippen LogP contribution in [0.3, 0.4) is 0 Å². The van der Waals surface area contributed by atoms with Crippen molar-refractivity contribution in [2.45, 2.75) is 13.0 Å². The zero-order chi connectivity index (χ0) is 13.8. The predicted molar refractivity (Wildman–Crippen MR) is 71.5 cm³/mol. The van der Waals surface area contributed by atoms with Crippen LogP contribution in [0.5, 0.6) is 5.75 Å². The molecule has 0 aliphatic rings. The quantitative estimate of drug-likeness (QED) is 0.693. The molecule has 0 saturated carbocycles. The molecule has 1 unspecified atom stereocenters. The lowest BCUT2D eigenvalue weighted by Gasteiger charge is -2.12. The molecule has 1 amide bonds. The topological polar surface area (TPSA) is 101 Å². The molecule has 2 aromatic rings. The van der Waals surface area contributed by atoms with Gasteiger partial charge in [-0.1, -0.05) is 0 Å². The number of hydrogen-bond acceptors (Lipinski definition) is 4. The second-order valence-electron chi connectivity index (χ2n) is 4.12. The molecule has 1 atom stereocenters. The van der Waals surface area contributed by atoms with E-state index in [1.165, 1.54) is 6.08 Å². The highest BCUT2D eigenvalue weighted by atomic mass is 16.5. The summed E-state index contributed by atoms with van der Waals surface area (Å²) in [4.78, 5) is 17.9. The Morgan fingerprint density at radius 1 is 1.68 bits per heavy atom. The van der Waals surface area contributed by atoms with Gasteiger partial charge in [0.2, 0.25) is 5.91 Å². The number of rotatable bonds is 5. The number of fused-ring (bicyclic) bond motifs is 1. The van der Waals surface area contributed by atoms with Crippen LogP contribution in [0.15, 0.2) is 24.5 Å². The summed E-state index contributed by atoms with van der Waals surface area (Å²) >= 11 is 0. The van der Waals surface area contributed by atoms with Crippen molar-refractivity contribution in [1.82, 2.24) is 9.97 Å². The zero-order valence-corrected chi connectivity index (χ0v) is 10.5. The van der Waals surface area contributed by atoms with Crippen LogP contribution in [-0.2, 0) is 4.79 Å². The van der Waals surface area contributed by atoms with E-state index in [9.17, 15) is 4.79 Å². The summed E-state index contributed by atoms with van der Waals surface area (Å²) in [7, 11) is 0. The van der Waals surface area contributed by atoms with Crippen LogP contribution >= 0.6 is 0 Å². The minimum Gasteiger partial charge on any atom is -0.487 e. The highest BCUT2D eigenvalue weighted by Crippen LogP contribution is 2.28. The van der Waals surface area contributed by atoms with Gasteiger partial charge in [-0.2, -0.15) is 0 Å². The van der Waals surface area contributed by atoms with Crippen LogP contribution in [0, 0.1) is 0 Å². The van der Waals surface area contributed by atoms with Gasteiger partial charge >= 0.3 is 0 Å². The van der Waals surface area contributed by atoms with Gasteiger partial charge in [0.15, 0.2) is 0 Å². The van der Waals surface area contributed by atoms with E-state index in [4.69, 9.17) is 15.6 Å². The SMILES string of the molecule is CC(CO)Oc1ccnc2[nH]cc(C=CC(N)=O)c12. The average Bonchev–Trinajstić information content (AvgIpc) is 2.80. The fraction of sp³-hybridized carbons (Fsp3) is 0.231. The molecule has 19 heavy (non-hydrogen) atoms. The van der Waals surface area contributed by atoms with Crippen molar-refractivity contribution in [3.05, 3.63) is 30.1 Å². The van der Waals surface area contributed by atoms with Crippen LogP contribution in [-0.4, -0.2) is 33.7 Å². The number of carbonyl (C=O) groups is 1. The molecule has 0 fully saturated rings. The van der Waals surface area contributed by atoms with Crippen molar-refractivity contribution in [2.24, 2.45) is 5.73 Å². The number of hydrogen-bond donors (Lipinski definition) is 3. The lowest BCUT2D eigenvalue weighted by Crippen LogP contribution is -2.16. The number of ether oxygens (including phenoxy) is 1. The van der Waals surface area contributed by atoms with Gasteiger partial charge in [-0.3, -0.25) is 4.79 Å². The molecule has 0 saturated heterocycles. The van der Waals surface area contributed by atoms with Crippen molar-refractivity contribution < 1.29 is 14.6 Å². The highest BCUT2D eigenvalue weighted by Gasteiger charge is 2.11. The number of pyridine rings is 1. The number of aromatic nitrogens is 2. The van der Waals surface area contributed by atoms with E-state index in [0.29, 0.717) is 11.4 Å². The normalized spacial score (nSPS) is 12.9. The Labute approximate surface area is 109 Å². The predicted octanol–water partition coefficient (Wildman–Crippen LogP) is 0.821. The third-order valence-corrected chi connectivity index (χ3v) is 2.58. The highest BCUT2D eigenvalue weighted by molar-refractivity contribution is 5.96. The minimum absolute atomic E-state index is 0.0826. The summed E-state index contributed by atoms with van der Waals surface area (Å²) in [6.07, 6.45) is 5.87. The number of nitrogens with zero attached hydrogens (tertiary/aromatic N) is 1. The number of aromatic amines is 1. The third kappa shape index (κ3) is 2.92. The molecule has 4 N–H and O–H groups in total. The van der Waals surface area contributed by atoms with Crippen molar-refractivity contribution in [3.63, 3.8) is 0 Å². The first-order valence-corrected chi connectivity index (χ1v) is 5.83. The number of H-pyrrole nitrogens is 1. The molecule has 0 spiro atoms. The van der Waals surface area contributed by atoms with E-state index in [2.05, 4.69) is 9.97 Å². The lowest BCUT2D eigenvalue weighted by atomic mass is 10.2. The minimum atomic E-state index is -0.524. The first-order chi connectivity index (χ1) is 9.11. The zero-order valence-electron chi connectivity index (χ0n) is 10.5. The summed E-state index contributed by atoms with van der Waals surface area (Å²) in [6.45, 7) is 1.68. The maximum atomic E-state index is 10.8. The van der Waals surface area contributed by atoms with Crippen molar-refractivity contribution in [3.8, 4) is 5.75 Å². The Balaban J connectivity index is 2.46. The molecule has 0 aliphatic carbocycles. The Morgan fingerprint density at radius 3 is 3.16 bits per heavy atom. The molecule has 6 heteroatoms. The second-order valence-corrected chi connectivity index (χ2v) is 4.12. The van der Waals surface area contributed by atoms with Crippen molar-refractivity contribution >= 4 is 23.0 Å². The lowest BCUT2D eigenvalue weighted by molar-refractivity contribution is -0.113. The number of nitrogens with one attached hydrogen (secondary N) is 1. The molecule has 0 aliphatic heterocycles. The Bertz CT molecular complexity index is 619. The van der Waals surface area contributed by atoms with Gasteiger partial charge < -0.3 is 20.6 Å². The molecule has 6 nitrogen and oxygen atoms in total. The van der Waals surface area contributed by atoms with E-state index in [0.717, 1.165) is 10.9 Å². The number of aliphatic hydroxyl groups is 1. The van der Waals surface area contributed by atoms with Crippen molar-refractivity contribution in [1.29, 1.82) is 0 Å². The van der Waals surface area contributed by atoms with Crippen LogP contribution < -0.4 is 10.5 Å². The molecule has 2 aromatic heterocycles. The second kappa shape index (κ2) is 5.53. The number of primary amides is 1. The number of carbonyl (C=O) groups excluding carboxylic acids is 1. The Kier molecular flexibility index (Phi) is 3.82. The van der Waals surface area contributed by atoms with E-state index >= 15 is 0 Å². The average molecular weight is 261 g/mol. The number of amides is 1. The van der Waals surface area contributed by atoms with Gasteiger partial charge in [-0.15, -0.1) is 0 Å².